The molecular formula is C61H37N5O. The van der Waals surface area contributed by atoms with Crippen LogP contribution in [-0.4, -0.2) is 24.1 Å². The van der Waals surface area contributed by atoms with Crippen molar-refractivity contribution in [2.75, 3.05) is 0 Å². The van der Waals surface area contributed by atoms with Crippen LogP contribution in [0.4, 0.5) is 0 Å². The summed E-state index contributed by atoms with van der Waals surface area (Å²) < 4.78 is 11.0. The molecule has 0 spiro atoms. The molecule has 6 heteroatoms. The predicted molar refractivity (Wildman–Crippen MR) is 275 cm³/mol. The standard InChI is InChI=1S/C61H37N5O/c1-3-15-41(16-4-1)60-62-53-37-57-51(36-58(53)67-60)50-35-43(30-32-55(50)65(57)44-18-5-2-6-19-44)42-31-33-56-49(34-42)47-21-10-12-25-54(47)66(56)61-63-52-24-11-9-22-48(52)59(64-61)40-28-26-39(27-29-40)46-23-13-17-38-14-7-8-20-45(38)46/h1-37H. The number of hydrogen-bond donors (Lipinski definition) is 0. The Morgan fingerprint density at radius 3 is 1.73 bits per heavy atom. The zero-order valence-electron chi connectivity index (χ0n) is 36.0. The van der Waals surface area contributed by atoms with Gasteiger partial charge in [0.2, 0.25) is 11.8 Å². The second-order valence-corrected chi connectivity index (χ2v) is 17.2. The van der Waals surface area contributed by atoms with Crippen LogP contribution >= 0.6 is 0 Å². The third-order valence-corrected chi connectivity index (χ3v) is 13.4. The summed E-state index contributed by atoms with van der Waals surface area (Å²) in [6, 6.07) is 79.3. The Bertz CT molecular complexity index is 4250. The fourth-order valence-electron chi connectivity index (χ4n) is 10.2. The maximum Gasteiger partial charge on any atom is 0.235 e. The van der Waals surface area contributed by atoms with Crippen LogP contribution < -0.4 is 0 Å². The highest BCUT2D eigenvalue weighted by Gasteiger charge is 2.21. The molecule has 0 radical (unpaired) electrons. The Morgan fingerprint density at radius 1 is 0.328 bits per heavy atom. The Labute approximate surface area is 384 Å². The Morgan fingerprint density at radius 2 is 0.925 bits per heavy atom. The fourth-order valence-corrected chi connectivity index (χ4v) is 10.2. The normalized spacial score (nSPS) is 11.9. The van der Waals surface area contributed by atoms with Crippen LogP contribution in [0.5, 0.6) is 0 Å². The van der Waals surface area contributed by atoms with E-state index in [0.29, 0.717) is 11.8 Å². The number of hydrogen-bond acceptors (Lipinski definition) is 4. The molecular weight excluding hydrogens is 819 g/mol. The van der Waals surface area contributed by atoms with Crippen molar-refractivity contribution in [3.05, 3.63) is 224 Å². The molecule has 0 aliphatic carbocycles. The van der Waals surface area contributed by atoms with Crippen molar-refractivity contribution < 1.29 is 4.42 Å². The summed E-state index contributed by atoms with van der Waals surface area (Å²) in [5.41, 5.74) is 15.4. The van der Waals surface area contributed by atoms with Crippen LogP contribution in [0.2, 0.25) is 0 Å². The highest BCUT2D eigenvalue weighted by Crippen LogP contribution is 2.41. The molecule has 14 aromatic rings. The highest BCUT2D eigenvalue weighted by atomic mass is 16.3. The van der Waals surface area contributed by atoms with E-state index in [0.717, 1.165) is 99.2 Å². The summed E-state index contributed by atoms with van der Waals surface area (Å²) in [6.07, 6.45) is 0. The Hall–Kier alpha value is -9.13. The summed E-state index contributed by atoms with van der Waals surface area (Å²) in [5, 5.41) is 8.00. The van der Waals surface area contributed by atoms with Crippen LogP contribution in [0.15, 0.2) is 229 Å². The van der Waals surface area contributed by atoms with Gasteiger partial charge in [-0.15, -0.1) is 0 Å². The van der Waals surface area contributed by atoms with E-state index >= 15 is 0 Å². The SMILES string of the molecule is c1ccc(-c2nc3cc4c(cc3o2)c2cc(-c3ccc5c(c3)c3ccccc3n5-c3nc(-c5ccc(-c6cccc7ccccc67)cc5)c5ccccc5n3)ccc2n4-c2ccccc2)cc1. The summed E-state index contributed by atoms with van der Waals surface area (Å²) in [4.78, 5) is 15.6. The minimum Gasteiger partial charge on any atom is -0.436 e. The lowest BCUT2D eigenvalue weighted by Crippen LogP contribution is -2.03. The quantitative estimate of drug-likeness (QED) is 0.167. The first-order valence-corrected chi connectivity index (χ1v) is 22.6. The maximum atomic E-state index is 6.43. The highest BCUT2D eigenvalue weighted by molar-refractivity contribution is 6.15. The third-order valence-electron chi connectivity index (χ3n) is 13.4. The fraction of sp³-hybridized carbons (Fsp3) is 0. The first-order chi connectivity index (χ1) is 33.2. The number of nitrogens with zero attached hydrogens (tertiary/aromatic N) is 5. The van der Waals surface area contributed by atoms with Crippen LogP contribution in [-0.2, 0) is 0 Å². The van der Waals surface area contributed by atoms with Crippen molar-refractivity contribution in [3.63, 3.8) is 0 Å². The smallest absolute Gasteiger partial charge is 0.235 e. The van der Waals surface area contributed by atoms with Crippen LogP contribution in [0.25, 0.3) is 133 Å². The third kappa shape index (κ3) is 5.93. The molecule has 312 valence electrons. The largest absolute Gasteiger partial charge is 0.436 e. The number of para-hydroxylation sites is 3. The van der Waals surface area contributed by atoms with Crippen LogP contribution in [0.1, 0.15) is 0 Å². The summed E-state index contributed by atoms with van der Waals surface area (Å²) in [5.74, 6) is 1.25. The molecule has 6 nitrogen and oxygen atoms in total. The number of aromatic nitrogens is 5. The molecule has 4 heterocycles. The van der Waals surface area contributed by atoms with Crippen molar-refractivity contribution in [3.8, 4) is 56.6 Å². The molecule has 0 aliphatic heterocycles. The summed E-state index contributed by atoms with van der Waals surface area (Å²) in [7, 11) is 0. The minimum absolute atomic E-state index is 0.615. The molecule has 0 amide bonds. The predicted octanol–water partition coefficient (Wildman–Crippen LogP) is 15.8. The molecule has 0 saturated carbocycles. The molecule has 0 atom stereocenters. The van der Waals surface area contributed by atoms with Gasteiger partial charge in [-0.2, -0.15) is 0 Å². The van der Waals surface area contributed by atoms with Gasteiger partial charge in [0.25, 0.3) is 0 Å². The molecule has 67 heavy (non-hydrogen) atoms. The van der Waals surface area contributed by atoms with Crippen LogP contribution in [0, 0.1) is 0 Å². The van der Waals surface area contributed by atoms with Crippen molar-refractivity contribution in [1.29, 1.82) is 0 Å². The van der Waals surface area contributed by atoms with Gasteiger partial charge < -0.3 is 8.98 Å². The lowest BCUT2D eigenvalue weighted by Gasteiger charge is -2.13. The van der Waals surface area contributed by atoms with Gasteiger partial charge in [-0.05, 0) is 106 Å². The molecule has 10 aromatic carbocycles. The van der Waals surface area contributed by atoms with Gasteiger partial charge in [0, 0.05) is 43.7 Å². The van der Waals surface area contributed by atoms with Gasteiger partial charge in [0.05, 0.1) is 33.3 Å². The number of benzene rings is 10. The van der Waals surface area contributed by atoms with E-state index in [9.17, 15) is 0 Å². The Kier molecular flexibility index (Phi) is 8.18. The average Bonchev–Trinajstić information content (AvgIpc) is 4.07. The van der Waals surface area contributed by atoms with E-state index < -0.39 is 0 Å². The zero-order valence-corrected chi connectivity index (χ0v) is 36.0. The van der Waals surface area contributed by atoms with Crippen LogP contribution in [0.3, 0.4) is 0 Å². The second kappa shape index (κ2) is 14.7. The van der Waals surface area contributed by atoms with E-state index in [1.54, 1.807) is 0 Å². The molecule has 0 unspecified atom stereocenters. The molecule has 0 bridgehead atoms. The number of rotatable bonds is 6. The lowest BCUT2D eigenvalue weighted by atomic mass is 9.96. The van der Waals surface area contributed by atoms with Crippen molar-refractivity contribution in [1.82, 2.24) is 24.1 Å². The molecule has 4 aromatic heterocycles. The Balaban J connectivity index is 0.911. The van der Waals surface area contributed by atoms with E-state index in [4.69, 9.17) is 19.4 Å². The van der Waals surface area contributed by atoms with Crippen molar-refractivity contribution in [2.24, 2.45) is 0 Å². The molecule has 0 saturated heterocycles. The second-order valence-electron chi connectivity index (χ2n) is 17.2. The van der Waals surface area contributed by atoms with E-state index in [-0.39, 0.29) is 0 Å². The lowest BCUT2D eigenvalue weighted by molar-refractivity contribution is 0.620. The summed E-state index contributed by atoms with van der Waals surface area (Å²) in [6.45, 7) is 0. The number of fused-ring (bicyclic) bond motifs is 9. The molecule has 14 rings (SSSR count). The van der Waals surface area contributed by atoms with Gasteiger partial charge >= 0.3 is 0 Å². The molecule has 0 aliphatic rings. The first kappa shape index (κ1) is 37.3. The van der Waals surface area contributed by atoms with Gasteiger partial charge in [-0.1, -0.05) is 152 Å². The van der Waals surface area contributed by atoms with Gasteiger partial charge in [-0.25, -0.2) is 15.0 Å². The molecule has 0 N–H and O–H groups in total. The van der Waals surface area contributed by atoms with E-state index in [2.05, 4.69) is 203 Å². The number of oxazole rings is 1. The van der Waals surface area contributed by atoms with Gasteiger partial charge in [0.15, 0.2) is 5.58 Å². The van der Waals surface area contributed by atoms with E-state index in [1.165, 1.54) is 21.9 Å². The molecule has 0 fully saturated rings. The van der Waals surface area contributed by atoms with Gasteiger partial charge in [-0.3, -0.25) is 4.57 Å². The minimum atomic E-state index is 0.615. The summed E-state index contributed by atoms with van der Waals surface area (Å²) >= 11 is 0. The van der Waals surface area contributed by atoms with Crippen molar-refractivity contribution in [2.45, 2.75) is 0 Å². The first-order valence-electron chi connectivity index (χ1n) is 22.6. The maximum absolute atomic E-state index is 6.43. The van der Waals surface area contributed by atoms with Gasteiger partial charge in [0.1, 0.15) is 5.52 Å². The topological polar surface area (TPSA) is 61.7 Å². The average molecular weight is 856 g/mol. The zero-order chi connectivity index (χ0) is 44.0. The van der Waals surface area contributed by atoms with E-state index in [1.807, 2.05) is 30.3 Å². The monoisotopic (exact) mass is 855 g/mol. The van der Waals surface area contributed by atoms with Crippen molar-refractivity contribution >= 4 is 76.4 Å².